The summed E-state index contributed by atoms with van der Waals surface area (Å²) < 4.78 is 17.8. The second kappa shape index (κ2) is 10.3. The van der Waals surface area contributed by atoms with Crippen molar-refractivity contribution in [1.29, 1.82) is 0 Å². The Labute approximate surface area is 200 Å². The van der Waals surface area contributed by atoms with E-state index in [1.54, 1.807) is 18.1 Å². The lowest BCUT2D eigenvalue weighted by atomic mass is 9.99. The van der Waals surface area contributed by atoms with Crippen LogP contribution < -0.4 is 4.74 Å². The van der Waals surface area contributed by atoms with Gasteiger partial charge in [-0.1, -0.05) is 60.7 Å². The van der Waals surface area contributed by atoms with Crippen LogP contribution in [0.5, 0.6) is 11.5 Å². The van der Waals surface area contributed by atoms with Gasteiger partial charge in [-0.3, -0.25) is 5.01 Å². The summed E-state index contributed by atoms with van der Waals surface area (Å²) in [5, 5.41) is 6.04. The Balaban J connectivity index is 1.83. The summed E-state index contributed by atoms with van der Waals surface area (Å²) >= 11 is 0. The molecular weight excluding hydrogens is 428 g/mol. The molecule has 1 heterocycles. The number of methoxy groups -OCH3 is 1. The van der Waals surface area contributed by atoms with Crippen LogP contribution in [0.1, 0.15) is 34.7 Å². The van der Waals surface area contributed by atoms with Gasteiger partial charge in [0.1, 0.15) is 18.1 Å². The molecule has 34 heavy (non-hydrogen) atoms. The number of aryl methyl sites for hydroxylation is 2. The summed E-state index contributed by atoms with van der Waals surface area (Å²) in [5.41, 5.74) is 4.99. The number of carbonyl (C=O) groups is 1. The summed E-state index contributed by atoms with van der Waals surface area (Å²) in [4.78, 5) is 12.8. The predicted octanol–water partition coefficient (Wildman–Crippen LogP) is 5.98. The first-order valence-corrected chi connectivity index (χ1v) is 11.1. The number of carbonyl (C=O) groups excluding carboxylic acids is 1. The minimum Gasteiger partial charge on any atom is -0.486 e. The van der Waals surface area contributed by atoms with Gasteiger partial charge in [-0.25, -0.2) is 4.79 Å². The molecule has 0 unspecified atom stereocenters. The number of nitrogens with zero attached hydrogens (tertiary/aromatic N) is 2. The normalized spacial score (nSPS) is 13.1. The third-order valence-corrected chi connectivity index (χ3v) is 5.64. The van der Waals surface area contributed by atoms with Crippen molar-refractivity contribution in [2.75, 3.05) is 7.11 Å². The van der Waals surface area contributed by atoms with Gasteiger partial charge >= 0.3 is 5.97 Å². The molecule has 0 aromatic heterocycles. The van der Waals surface area contributed by atoms with Crippen molar-refractivity contribution < 1.29 is 19.0 Å². The molecule has 6 heteroatoms. The molecule has 3 aromatic rings. The highest BCUT2D eigenvalue weighted by molar-refractivity contribution is 5.97. The lowest BCUT2D eigenvalue weighted by molar-refractivity contribution is -0.138. The highest BCUT2D eigenvalue weighted by atomic mass is 16.5. The van der Waals surface area contributed by atoms with Gasteiger partial charge in [-0.15, -0.1) is 0 Å². The number of rotatable bonds is 7. The fraction of sp³-hybridized carbons (Fsp3) is 0.214. The topological polar surface area (TPSA) is 60.4 Å². The van der Waals surface area contributed by atoms with Crippen LogP contribution in [-0.2, 0) is 27.4 Å². The quantitative estimate of drug-likeness (QED) is 0.324. The second-order valence-electron chi connectivity index (χ2n) is 7.98. The van der Waals surface area contributed by atoms with Crippen molar-refractivity contribution in [2.45, 2.75) is 33.9 Å². The molecule has 0 saturated heterocycles. The van der Waals surface area contributed by atoms with E-state index < -0.39 is 5.97 Å². The molecule has 1 aliphatic rings. The molecule has 1 aliphatic heterocycles. The van der Waals surface area contributed by atoms with E-state index in [9.17, 15) is 4.79 Å². The summed E-state index contributed by atoms with van der Waals surface area (Å²) in [6.07, 6.45) is 1.64. The number of benzene rings is 3. The van der Waals surface area contributed by atoms with Crippen LogP contribution in [-0.4, -0.2) is 24.3 Å². The number of para-hydroxylation sites is 1. The number of hydrazone groups is 1. The van der Waals surface area contributed by atoms with Crippen LogP contribution in [0.25, 0.3) is 5.76 Å². The molecule has 0 aliphatic carbocycles. The Morgan fingerprint density at radius 1 is 1.00 bits per heavy atom. The van der Waals surface area contributed by atoms with Crippen molar-refractivity contribution in [2.24, 2.45) is 5.10 Å². The summed E-state index contributed by atoms with van der Waals surface area (Å²) in [5.74, 6) is 1.40. The zero-order valence-corrected chi connectivity index (χ0v) is 19.9. The summed E-state index contributed by atoms with van der Waals surface area (Å²) in [6, 6.07) is 21.6. The average Bonchev–Trinajstić information content (AvgIpc) is 2.85. The number of hydrogen-bond donors (Lipinski definition) is 0. The number of fused-ring (bicyclic) bond motifs is 1. The van der Waals surface area contributed by atoms with Crippen LogP contribution in [0.2, 0.25) is 0 Å². The van der Waals surface area contributed by atoms with Crippen LogP contribution in [0.4, 0.5) is 0 Å². The Morgan fingerprint density at radius 2 is 1.71 bits per heavy atom. The number of esters is 1. The standard InChI is InChI=1S/C28H28N2O4/c1-5-29-30-17-23-22(15-10-16-24(23)34-26-19(2)11-9-12-20(26)3)27(25(30)28(31)32-4)33-18-21-13-7-6-8-14-21/h5-16H,17-18H2,1-4H3/b29-5-. The van der Waals surface area contributed by atoms with E-state index in [1.165, 1.54) is 7.11 Å². The second-order valence-corrected chi connectivity index (χ2v) is 7.98. The monoisotopic (exact) mass is 456 g/mol. The van der Waals surface area contributed by atoms with Gasteiger partial charge in [0.2, 0.25) is 0 Å². The zero-order chi connectivity index (χ0) is 24.1. The van der Waals surface area contributed by atoms with Crippen molar-refractivity contribution in [3.8, 4) is 11.5 Å². The SMILES string of the molecule is C/C=N\N1Cc2c(Oc3c(C)cccc3C)cccc2C(OCc2ccccc2)=C1C(=O)OC. The van der Waals surface area contributed by atoms with Crippen molar-refractivity contribution in [1.82, 2.24) is 5.01 Å². The maximum absolute atomic E-state index is 12.8. The van der Waals surface area contributed by atoms with Gasteiger partial charge in [0, 0.05) is 17.3 Å². The molecule has 174 valence electrons. The maximum atomic E-state index is 12.8. The summed E-state index contributed by atoms with van der Waals surface area (Å²) in [6.45, 7) is 6.48. The van der Waals surface area contributed by atoms with E-state index >= 15 is 0 Å². The van der Waals surface area contributed by atoms with E-state index in [2.05, 4.69) is 5.10 Å². The minimum absolute atomic E-state index is 0.258. The van der Waals surface area contributed by atoms with Gasteiger partial charge in [-0.2, -0.15) is 5.10 Å². The maximum Gasteiger partial charge on any atom is 0.360 e. The molecule has 0 amide bonds. The van der Waals surface area contributed by atoms with Gasteiger partial charge in [0.15, 0.2) is 11.5 Å². The van der Waals surface area contributed by atoms with Crippen LogP contribution >= 0.6 is 0 Å². The first-order valence-electron chi connectivity index (χ1n) is 11.1. The molecule has 0 N–H and O–H groups in total. The molecule has 0 atom stereocenters. The fourth-order valence-corrected chi connectivity index (χ4v) is 3.99. The third-order valence-electron chi connectivity index (χ3n) is 5.64. The van der Waals surface area contributed by atoms with Gasteiger partial charge < -0.3 is 14.2 Å². The molecule has 0 spiro atoms. The zero-order valence-electron chi connectivity index (χ0n) is 19.9. The van der Waals surface area contributed by atoms with Crippen LogP contribution in [0, 0.1) is 13.8 Å². The highest BCUT2D eigenvalue weighted by Crippen LogP contribution is 2.40. The third kappa shape index (κ3) is 4.66. The lowest BCUT2D eigenvalue weighted by Gasteiger charge is -2.31. The van der Waals surface area contributed by atoms with Gasteiger partial charge in [0.05, 0.1) is 13.7 Å². The average molecular weight is 457 g/mol. The van der Waals surface area contributed by atoms with Gasteiger partial charge in [0.25, 0.3) is 0 Å². The first-order chi connectivity index (χ1) is 16.5. The summed E-state index contributed by atoms with van der Waals surface area (Å²) in [7, 11) is 1.36. The van der Waals surface area contributed by atoms with E-state index in [0.717, 1.165) is 33.6 Å². The predicted molar refractivity (Wildman–Crippen MR) is 132 cm³/mol. The smallest absolute Gasteiger partial charge is 0.360 e. The van der Waals surface area contributed by atoms with E-state index in [1.807, 2.05) is 80.6 Å². The molecule has 0 fully saturated rings. The fourth-order valence-electron chi connectivity index (χ4n) is 3.99. The van der Waals surface area contributed by atoms with Crippen molar-refractivity contribution in [3.63, 3.8) is 0 Å². The molecule has 4 rings (SSSR count). The van der Waals surface area contributed by atoms with Crippen LogP contribution in [0.15, 0.2) is 77.5 Å². The largest absolute Gasteiger partial charge is 0.486 e. The minimum atomic E-state index is -0.514. The Hall–Kier alpha value is -4.06. The van der Waals surface area contributed by atoms with E-state index in [-0.39, 0.29) is 5.70 Å². The van der Waals surface area contributed by atoms with Crippen molar-refractivity contribution in [3.05, 3.63) is 100 Å². The highest BCUT2D eigenvalue weighted by Gasteiger charge is 2.33. The molecule has 3 aromatic carbocycles. The molecule has 0 saturated carbocycles. The Morgan fingerprint density at radius 3 is 2.38 bits per heavy atom. The molecule has 0 radical (unpaired) electrons. The number of ether oxygens (including phenoxy) is 3. The molecule has 0 bridgehead atoms. The van der Waals surface area contributed by atoms with Crippen LogP contribution in [0.3, 0.4) is 0 Å². The molecule has 6 nitrogen and oxygen atoms in total. The van der Waals surface area contributed by atoms with Crippen molar-refractivity contribution >= 4 is 17.9 Å². The molecular formula is C28H28N2O4. The van der Waals surface area contributed by atoms with E-state index in [0.29, 0.717) is 24.7 Å². The Bertz CT molecular complexity index is 1230. The first kappa shape index (κ1) is 23.1. The lowest BCUT2D eigenvalue weighted by Crippen LogP contribution is -2.30. The van der Waals surface area contributed by atoms with Gasteiger partial charge in [-0.05, 0) is 43.5 Å². The Kier molecular flexibility index (Phi) is 6.97. The number of hydrogen-bond acceptors (Lipinski definition) is 6. The van der Waals surface area contributed by atoms with E-state index in [4.69, 9.17) is 14.2 Å².